The zero-order chi connectivity index (χ0) is 25.8. The van der Waals surface area contributed by atoms with Gasteiger partial charge in [0.2, 0.25) is 0 Å². The maximum atomic E-state index is 14.5. The van der Waals surface area contributed by atoms with Gasteiger partial charge in [0.1, 0.15) is 12.5 Å². The van der Waals surface area contributed by atoms with Crippen molar-refractivity contribution < 1.29 is 13.9 Å². The molecular weight excluding hydrogens is 505 g/mol. The average Bonchev–Trinajstić information content (AvgIpc) is 2.88. The van der Waals surface area contributed by atoms with Gasteiger partial charge < -0.3 is 5.11 Å². The fourth-order valence-electron chi connectivity index (χ4n) is 4.29. The number of benzene rings is 3. The number of nitrogens with zero attached hydrogens (tertiary/aromatic N) is 2. The van der Waals surface area contributed by atoms with Crippen LogP contribution in [0.4, 0.5) is 8.78 Å². The Bertz CT molecular complexity index is 1440. The fourth-order valence-corrected chi connectivity index (χ4v) is 4.61. The molecule has 0 spiro atoms. The molecule has 0 aliphatic carbocycles. The molecule has 4 rings (SSSR count). The van der Waals surface area contributed by atoms with Crippen molar-refractivity contribution in [2.24, 2.45) is 0 Å². The van der Waals surface area contributed by atoms with Crippen molar-refractivity contribution in [3.8, 4) is 17.1 Å². The zero-order valence-corrected chi connectivity index (χ0v) is 21.0. The normalized spacial score (nSPS) is 12.0. The minimum Gasteiger partial charge on any atom is -0.504 e. The van der Waals surface area contributed by atoms with E-state index in [1.807, 2.05) is 13.0 Å². The van der Waals surface area contributed by atoms with Crippen molar-refractivity contribution in [1.82, 2.24) is 9.55 Å². The van der Waals surface area contributed by atoms with Gasteiger partial charge in [0.15, 0.2) is 11.6 Å². The summed E-state index contributed by atoms with van der Waals surface area (Å²) in [6.45, 7) is 0.943. The fraction of sp³-hybridized carbons (Fsp3) is 0.214. The Labute approximate surface area is 217 Å². The molecular formula is C28H24Cl2F2N2O2. The number of aromatic nitrogens is 2. The minimum absolute atomic E-state index is 0.00448. The number of aryl methyl sites for hydroxylation is 2. The molecule has 4 nitrogen and oxygen atoms in total. The van der Waals surface area contributed by atoms with Crippen LogP contribution in [0.25, 0.3) is 11.4 Å². The monoisotopic (exact) mass is 528 g/mol. The van der Waals surface area contributed by atoms with E-state index >= 15 is 0 Å². The predicted octanol–water partition coefficient (Wildman–Crippen LogP) is 6.97. The first kappa shape index (κ1) is 25.9. The van der Waals surface area contributed by atoms with E-state index < -0.39 is 29.8 Å². The van der Waals surface area contributed by atoms with E-state index in [1.54, 1.807) is 42.5 Å². The van der Waals surface area contributed by atoms with Gasteiger partial charge in [0, 0.05) is 5.56 Å². The summed E-state index contributed by atoms with van der Waals surface area (Å²) in [5.74, 6) is -1.50. The van der Waals surface area contributed by atoms with Crippen molar-refractivity contribution >= 4 is 23.2 Å². The Morgan fingerprint density at radius 1 is 1.00 bits per heavy atom. The topological polar surface area (TPSA) is 55.1 Å². The van der Waals surface area contributed by atoms with Crippen molar-refractivity contribution in [1.29, 1.82) is 0 Å². The third kappa shape index (κ3) is 5.15. The maximum absolute atomic E-state index is 14.5. The number of halogens is 4. The van der Waals surface area contributed by atoms with Crippen LogP contribution in [0.1, 0.15) is 35.3 Å². The Hall–Kier alpha value is -3.22. The van der Waals surface area contributed by atoms with Gasteiger partial charge in [0.25, 0.3) is 5.56 Å². The first-order chi connectivity index (χ1) is 17.3. The van der Waals surface area contributed by atoms with Gasteiger partial charge in [-0.1, -0.05) is 72.6 Å². The van der Waals surface area contributed by atoms with E-state index in [0.29, 0.717) is 46.1 Å². The lowest BCUT2D eigenvalue weighted by Crippen LogP contribution is -2.33. The van der Waals surface area contributed by atoms with Gasteiger partial charge in [-0.3, -0.25) is 9.36 Å². The lowest BCUT2D eigenvalue weighted by Gasteiger charge is -2.23. The molecule has 36 heavy (non-hydrogen) atoms. The Balaban J connectivity index is 1.91. The van der Waals surface area contributed by atoms with Crippen LogP contribution in [0.3, 0.4) is 0 Å². The molecule has 1 aromatic heterocycles. The third-order valence-corrected chi connectivity index (χ3v) is 6.89. The smallest absolute Gasteiger partial charge is 0.257 e. The molecule has 0 amide bonds. The quantitative estimate of drug-likeness (QED) is 0.268. The van der Waals surface area contributed by atoms with Crippen molar-refractivity contribution in [3.63, 3.8) is 0 Å². The molecule has 1 atom stereocenters. The van der Waals surface area contributed by atoms with Crippen molar-refractivity contribution in [2.75, 3.05) is 6.67 Å². The molecule has 8 heteroatoms. The summed E-state index contributed by atoms with van der Waals surface area (Å²) in [6.07, 6.45) is 1.26. The molecule has 0 aliphatic heterocycles. The van der Waals surface area contributed by atoms with Gasteiger partial charge >= 0.3 is 0 Å². The summed E-state index contributed by atoms with van der Waals surface area (Å²) < 4.78 is 30.1. The van der Waals surface area contributed by atoms with Crippen LogP contribution in [0, 0.1) is 5.82 Å². The van der Waals surface area contributed by atoms with E-state index in [4.69, 9.17) is 28.2 Å². The van der Waals surface area contributed by atoms with Crippen LogP contribution in [0.2, 0.25) is 10.0 Å². The molecule has 0 bridgehead atoms. The standard InChI is InChI=1S/C28H24Cl2F2N2O2/c1-2-19-24(14-12-17-11-13-21(29)22(30)15-17)33-27(20-9-6-10-23(32)26(20)35)34(28(19)36)25(16-31)18-7-4-3-5-8-18/h3-11,13,15,25,35H,2,12,14,16H2,1H3. The van der Waals surface area contributed by atoms with Gasteiger partial charge in [-0.2, -0.15) is 0 Å². The van der Waals surface area contributed by atoms with Crippen LogP contribution in [0.5, 0.6) is 5.75 Å². The summed E-state index contributed by atoms with van der Waals surface area (Å²) in [5, 5.41) is 11.4. The van der Waals surface area contributed by atoms with Gasteiger partial charge in [-0.05, 0) is 54.7 Å². The number of hydrogen-bond donors (Lipinski definition) is 1. The van der Waals surface area contributed by atoms with Gasteiger partial charge in [0.05, 0.1) is 27.3 Å². The second kappa shape index (κ2) is 11.2. The third-order valence-electron chi connectivity index (χ3n) is 6.15. The highest BCUT2D eigenvalue weighted by molar-refractivity contribution is 6.42. The average molecular weight is 529 g/mol. The molecule has 1 N–H and O–H groups in total. The number of hydrogen-bond acceptors (Lipinski definition) is 3. The van der Waals surface area contributed by atoms with Gasteiger partial charge in [-0.25, -0.2) is 13.8 Å². The molecule has 0 aliphatic rings. The van der Waals surface area contributed by atoms with E-state index in [-0.39, 0.29) is 11.4 Å². The summed E-state index contributed by atoms with van der Waals surface area (Å²) in [5.41, 5.74) is 1.98. The van der Waals surface area contributed by atoms with E-state index in [1.165, 1.54) is 16.7 Å². The lowest BCUT2D eigenvalue weighted by atomic mass is 10.0. The molecule has 186 valence electrons. The highest BCUT2D eigenvalue weighted by Gasteiger charge is 2.26. The number of phenols is 1. The second-order valence-electron chi connectivity index (χ2n) is 8.35. The van der Waals surface area contributed by atoms with Crippen LogP contribution in [-0.4, -0.2) is 21.3 Å². The number of aromatic hydroxyl groups is 1. The summed E-state index contributed by atoms with van der Waals surface area (Å²) in [6, 6.07) is 17.0. The Morgan fingerprint density at radius 2 is 1.75 bits per heavy atom. The van der Waals surface area contributed by atoms with Crippen LogP contribution in [-0.2, 0) is 19.3 Å². The summed E-state index contributed by atoms with van der Waals surface area (Å²) >= 11 is 12.2. The van der Waals surface area contributed by atoms with E-state index in [2.05, 4.69) is 0 Å². The Kier molecular flexibility index (Phi) is 8.07. The van der Waals surface area contributed by atoms with E-state index in [9.17, 15) is 18.7 Å². The van der Waals surface area contributed by atoms with Crippen LogP contribution in [0.15, 0.2) is 71.5 Å². The van der Waals surface area contributed by atoms with E-state index in [0.717, 1.165) is 11.6 Å². The van der Waals surface area contributed by atoms with Crippen molar-refractivity contribution in [3.05, 3.63) is 115 Å². The second-order valence-corrected chi connectivity index (χ2v) is 9.17. The lowest BCUT2D eigenvalue weighted by molar-refractivity contribution is 0.387. The van der Waals surface area contributed by atoms with Crippen LogP contribution < -0.4 is 5.56 Å². The Morgan fingerprint density at radius 3 is 2.42 bits per heavy atom. The molecule has 1 unspecified atom stereocenters. The van der Waals surface area contributed by atoms with Crippen molar-refractivity contribution in [2.45, 2.75) is 32.2 Å². The molecule has 0 radical (unpaired) electrons. The number of rotatable bonds is 8. The number of para-hydroxylation sites is 1. The highest BCUT2D eigenvalue weighted by Crippen LogP contribution is 2.33. The SMILES string of the molecule is CCc1c(CCc2ccc(Cl)c(Cl)c2)nc(-c2cccc(F)c2O)n(C(CF)c2ccccc2)c1=O. The summed E-state index contributed by atoms with van der Waals surface area (Å²) in [7, 11) is 0. The molecule has 0 saturated heterocycles. The molecule has 4 aromatic rings. The zero-order valence-electron chi connectivity index (χ0n) is 19.5. The van der Waals surface area contributed by atoms with Crippen LogP contribution >= 0.6 is 23.2 Å². The highest BCUT2D eigenvalue weighted by atomic mass is 35.5. The summed E-state index contributed by atoms with van der Waals surface area (Å²) in [4.78, 5) is 18.6. The first-order valence-electron chi connectivity index (χ1n) is 11.5. The molecule has 3 aromatic carbocycles. The van der Waals surface area contributed by atoms with Gasteiger partial charge in [-0.15, -0.1) is 0 Å². The number of phenolic OH excluding ortho intramolecular Hbond substituents is 1. The molecule has 1 heterocycles. The maximum Gasteiger partial charge on any atom is 0.257 e. The number of alkyl halides is 1. The molecule has 0 fully saturated rings. The minimum atomic E-state index is -1.00. The predicted molar refractivity (Wildman–Crippen MR) is 139 cm³/mol. The largest absolute Gasteiger partial charge is 0.504 e. The molecule has 0 saturated carbocycles. The first-order valence-corrected chi connectivity index (χ1v) is 12.3.